The highest BCUT2D eigenvalue weighted by Gasteiger charge is 2.46. The number of benzene rings is 1. The van der Waals surface area contributed by atoms with Crippen molar-refractivity contribution < 1.29 is 0 Å². The molecule has 0 bridgehead atoms. The molecule has 2 nitrogen and oxygen atoms in total. The number of fused-ring (bicyclic) bond motifs is 2. The number of nitrogens with one attached hydrogen (secondary N) is 1. The van der Waals surface area contributed by atoms with E-state index in [0.29, 0.717) is 5.92 Å². The van der Waals surface area contributed by atoms with Crippen LogP contribution in [0, 0.1) is 11.8 Å². The Morgan fingerprint density at radius 2 is 2.06 bits per heavy atom. The number of hydrogen-bond donors (Lipinski definition) is 1. The van der Waals surface area contributed by atoms with E-state index in [0.717, 1.165) is 23.8 Å². The van der Waals surface area contributed by atoms with Crippen molar-refractivity contribution in [2.24, 2.45) is 11.8 Å². The minimum atomic E-state index is 0.705. The standard InChI is InChI=1S/C15H18N2/c1-2-9-3-4-13-14(5-9)17-15(16-13)12-7-10-6-11(10)8-12/h3-5,10-12H,2,6-8H2,1H3,(H,16,17). The summed E-state index contributed by atoms with van der Waals surface area (Å²) in [6, 6.07) is 6.60. The van der Waals surface area contributed by atoms with Crippen molar-refractivity contribution in [3.63, 3.8) is 0 Å². The van der Waals surface area contributed by atoms with Crippen molar-refractivity contribution in [2.75, 3.05) is 0 Å². The van der Waals surface area contributed by atoms with E-state index >= 15 is 0 Å². The van der Waals surface area contributed by atoms with E-state index < -0.39 is 0 Å². The third kappa shape index (κ3) is 1.50. The van der Waals surface area contributed by atoms with E-state index in [4.69, 9.17) is 4.98 Å². The van der Waals surface area contributed by atoms with Crippen molar-refractivity contribution in [3.8, 4) is 0 Å². The number of H-pyrrole nitrogens is 1. The third-order valence-corrected chi connectivity index (χ3v) is 4.60. The van der Waals surface area contributed by atoms with E-state index in [1.54, 1.807) is 0 Å². The molecule has 2 aliphatic rings. The van der Waals surface area contributed by atoms with Gasteiger partial charge < -0.3 is 4.98 Å². The van der Waals surface area contributed by atoms with Crippen molar-refractivity contribution in [1.82, 2.24) is 9.97 Å². The zero-order valence-corrected chi connectivity index (χ0v) is 10.2. The largest absolute Gasteiger partial charge is 0.342 e. The van der Waals surface area contributed by atoms with Crippen LogP contribution in [0.2, 0.25) is 0 Å². The summed E-state index contributed by atoms with van der Waals surface area (Å²) >= 11 is 0. The van der Waals surface area contributed by atoms with E-state index in [2.05, 4.69) is 30.1 Å². The second kappa shape index (κ2) is 3.34. The summed E-state index contributed by atoms with van der Waals surface area (Å²) in [5.41, 5.74) is 3.75. The molecule has 2 heteroatoms. The summed E-state index contributed by atoms with van der Waals surface area (Å²) in [6.07, 6.45) is 5.31. The van der Waals surface area contributed by atoms with Crippen molar-refractivity contribution in [2.45, 2.75) is 38.5 Å². The average Bonchev–Trinajstić information content (AvgIpc) is 2.80. The number of hydrogen-bond acceptors (Lipinski definition) is 1. The Balaban J connectivity index is 1.71. The fourth-order valence-electron chi connectivity index (χ4n) is 3.43. The summed E-state index contributed by atoms with van der Waals surface area (Å²) in [5, 5.41) is 0. The van der Waals surface area contributed by atoms with Crippen LogP contribution in [0.5, 0.6) is 0 Å². The predicted octanol–water partition coefficient (Wildman–Crippen LogP) is 3.64. The molecule has 2 fully saturated rings. The molecule has 0 amide bonds. The maximum atomic E-state index is 4.77. The molecule has 2 aliphatic carbocycles. The average molecular weight is 226 g/mol. The molecule has 2 atom stereocenters. The third-order valence-electron chi connectivity index (χ3n) is 4.60. The fourth-order valence-corrected chi connectivity index (χ4v) is 3.43. The first-order valence-corrected chi connectivity index (χ1v) is 6.82. The van der Waals surface area contributed by atoms with E-state index in [1.165, 1.54) is 36.2 Å². The van der Waals surface area contributed by atoms with Gasteiger partial charge >= 0.3 is 0 Å². The quantitative estimate of drug-likeness (QED) is 0.832. The van der Waals surface area contributed by atoms with Crippen molar-refractivity contribution in [3.05, 3.63) is 29.6 Å². The Morgan fingerprint density at radius 1 is 1.24 bits per heavy atom. The lowest BCUT2D eigenvalue weighted by molar-refractivity contribution is 0.597. The Kier molecular flexibility index (Phi) is 1.91. The van der Waals surface area contributed by atoms with Crippen LogP contribution in [0.4, 0.5) is 0 Å². The van der Waals surface area contributed by atoms with Gasteiger partial charge in [0.2, 0.25) is 0 Å². The van der Waals surface area contributed by atoms with Crippen LogP contribution in [-0.2, 0) is 6.42 Å². The molecular weight excluding hydrogens is 208 g/mol. The summed E-state index contributed by atoms with van der Waals surface area (Å²) in [5.74, 6) is 4.00. The molecule has 2 unspecified atom stereocenters. The number of rotatable bonds is 2. The first-order valence-electron chi connectivity index (χ1n) is 6.82. The monoisotopic (exact) mass is 226 g/mol. The first kappa shape index (κ1) is 9.69. The molecule has 0 saturated heterocycles. The molecule has 0 radical (unpaired) electrons. The Hall–Kier alpha value is -1.31. The lowest BCUT2D eigenvalue weighted by Crippen LogP contribution is -1.97. The normalized spacial score (nSPS) is 30.8. The van der Waals surface area contributed by atoms with Gasteiger partial charge in [0.05, 0.1) is 11.0 Å². The second-order valence-electron chi connectivity index (χ2n) is 5.75. The minimum Gasteiger partial charge on any atom is -0.342 e. The summed E-state index contributed by atoms with van der Waals surface area (Å²) in [7, 11) is 0. The van der Waals surface area contributed by atoms with E-state index in [-0.39, 0.29) is 0 Å². The number of nitrogens with zero attached hydrogens (tertiary/aromatic N) is 1. The SMILES string of the molecule is CCc1ccc2nc(C3CC4CC4C3)[nH]c2c1. The Bertz CT molecular complexity index is 559. The molecule has 0 spiro atoms. The summed E-state index contributed by atoms with van der Waals surface area (Å²) < 4.78 is 0. The molecule has 2 aromatic rings. The lowest BCUT2D eigenvalue weighted by Gasteiger charge is -2.06. The lowest BCUT2D eigenvalue weighted by atomic mass is 10.0. The van der Waals surface area contributed by atoms with Crippen LogP contribution < -0.4 is 0 Å². The van der Waals surface area contributed by atoms with E-state index in [9.17, 15) is 0 Å². The maximum Gasteiger partial charge on any atom is 0.110 e. The molecule has 1 aromatic carbocycles. The van der Waals surface area contributed by atoms with Gasteiger partial charge in [0.15, 0.2) is 0 Å². The smallest absolute Gasteiger partial charge is 0.110 e. The highest BCUT2D eigenvalue weighted by molar-refractivity contribution is 5.76. The molecule has 17 heavy (non-hydrogen) atoms. The fraction of sp³-hybridized carbons (Fsp3) is 0.533. The van der Waals surface area contributed by atoms with E-state index in [1.807, 2.05) is 0 Å². The Labute approximate surface area is 101 Å². The van der Waals surface area contributed by atoms with Gasteiger partial charge in [-0.1, -0.05) is 13.0 Å². The van der Waals surface area contributed by atoms with Gasteiger partial charge in [-0.2, -0.15) is 0 Å². The van der Waals surface area contributed by atoms with Crippen LogP contribution in [0.3, 0.4) is 0 Å². The van der Waals surface area contributed by atoms with Crippen LogP contribution in [0.1, 0.15) is 43.5 Å². The topological polar surface area (TPSA) is 28.7 Å². The zero-order chi connectivity index (χ0) is 11.4. The first-order chi connectivity index (χ1) is 8.33. The Morgan fingerprint density at radius 3 is 2.82 bits per heavy atom. The van der Waals surface area contributed by atoms with Gasteiger partial charge in [-0.15, -0.1) is 0 Å². The minimum absolute atomic E-state index is 0.705. The molecule has 1 aromatic heterocycles. The maximum absolute atomic E-state index is 4.77. The highest BCUT2D eigenvalue weighted by Crippen LogP contribution is 2.57. The highest BCUT2D eigenvalue weighted by atomic mass is 14.9. The number of imidazole rings is 1. The zero-order valence-electron chi connectivity index (χ0n) is 10.2. The molecule has 4 rings (SSSR count). The van der Waals surface area contributed by atoms with Gasteiger partial charge in [0.25, 0.3) is 0 Å². The molecule has 0 aliphatic heterocycles. The molecule has 2 saturated carbocycles. The second-order valence-corrected chi connectivity index (χ2v) is 5.75. The van der Waals surface area contributed by atoms with Crippen LogP contribution >= 0.6 is 0 Å². The predicted molar refractivity (Wildman–Crippen MR) is 69.0 cm³/mol. The van der Waals surface area contributed by atoms with Crippen molar-refractivity contribution in [1.29, 1.82) is 0 Å². The van der Waals surface area contributed by atoms with Crippen LogP contribution in [0.15, 0.2) is 18.2 Å². The molecule has 88 valence electrons. The number of aryl methyl sites for hydroxylation is 1. The number of aromatic amines is 1. The van der Waals surface area contributed by atoms with Gasteiger partial charge in [-0.25, -0.2) is 4.98 Å². The van der Waals surface area contributed by atoms with Gasteiger partial charge in [0, 0.05) is 5.92 Å². The summed E-state index contributed by atoms with van der Waals surface area (Å²) in [4.78, 5) is 8.31. The van der Waals surface area contributed by atoms with Crippen molar-refractivity contribution >= 4 is 11.0 Å². The number of aromatic nitrogens is 2. The molecular formula is C15H18N2. The molecule has 1 heterocycles. The van der Waals surface area contributed by atoms with Gasteiger partial charge in [-0.3, -0.25) is 0 Å². The van der Waals surface area contributed by atoms with Gasteiger partial charge in [-0.05, 0) is 55.2 Å². The van der Waals surface area contributed by atoms with Crippen LogP contribution in [-0.4, -0.2) is 9.97 Å². The summed E-state index contributed by atoms with van der Waals surface area (Å²) in [6.45, 7) is 2.20. The van der Waals surface area contributed by atoms with Crippen LogP contribution in [0.25, 0.3) is 11.0 Å². The van der Waals surface area contributed by atoms with Gasteiger partial charge in [0.1, 0.15) is 5.82 Å². The molecule has 1 N–H and O–H groups in total.